The number of benzene rings is 2. The first-order valence-corrected chi connectivity index (χ1v) is 13.1. The van der Waals surface area contributed by atoms with Gasteiger partial charge in [-0.05, 0) is 67.9 Å². The van der Waals surface area contributed by atoms with Crippen LogP contribution in [0.5, 0.6) is 5.75 Å². The molecule has 6 nitrogen and oxygen atoms in total. The van der Waals surface area contributed by atoms with Crippen molar-refractivity contribution in [3.63, 3.8) is 0 Å². The van der Waals surface area contributed by atoms with Gasteiger partial charge in [-0.3, -0.25) is 0 Å². The minimum Gasteiger partial charge on any atom is -0.496 e. The van der Waals surface area contributed by atoms with Crippen LogP contribution >= 0.6 is 0 Å². The number of anilines is 2. The van der Waals surface area contributed by atoms with Gasteiger partial charge in [0, 0.05) is 43.7 Å². The number of ether oxygens (including phenoxy) is 1. The van der Waals surface area contributed by atoms with Gasteiger partial charge in [0.05, 0.1) is 19.2 Å². The lowest BCUT2D eigenvalue weighted by atomic mass is 9.88. The van der Waals surface area contributed by atoms with Gasteiger partial charge in [0.15, 0.2) is 0 Å². The van der Waals surface area contributed by atoms with Crippen LogP contribution in [0.3, 0.4) is 0 Å². The first-order valence-electron chi connectivity index (χ1n) is 13.1. The SMILES string of the molecule is CC.COc1ccccc1C1CCN(c2nc(C3CC3)nc3cc(C)c(N(C)CCO)cc23)CC1. The van der Waals surface area contributed by atoms with E-state index < -0.39 is 0 Å². The van der Waals surface area contributed by atoms with Crippen molar-refractivity contribution < 1.29 is 9.84 Å². The van der Waals surface area contributed by atoms with Crippen LogP contribution in [0.1, 0.15) is 68.3 Å². The maximum Gasteiger partial charge on any atom is 0.140 e. The van der Waals surface area contributed by atoms with Gasteiger partial charge in [-0.15, -0.1) is 0 Å². The second-order valence-electron chi connectivity index (χ2n) is 9.48. The molecule has 2 aliphatic rings. The van der Waals surface area contributed by atoms with Crippen LogP contribution < -0.4 is 14.5 Å². The Morgan fingerprint density at radius 3 is 2.40 bits per heavy atom. The number of fused-ring (bicyclic) bond motifs is 1. The molecule has 1 aromatic heterocycles. The average Bonchev–Trinajstić information content (AvgIpc) is 3.75. The fourth-order valence-electron chi connectivity index (χ4n) is 5.12. The number of aryl methyl sites for hydroxylation is 1. The summed E-state index contributed by atoms with van der Waals surface area (Å²) in [4.78, 5) is 14.6. The number of piperidine rings is 1. The number of aromatic nitrogens is 2. The van der Waals surface area contributed by atoms with Crippen LogP contribution in [-0.2, 0) is 0 Å². The Balaban J connectivity index is 0.00000141. The molecule has 0 radical (unpaired) electrons. The number of aliphatic hydroxyl groups excluding tert-OH is 1. The lowest BCUT2D eigenvalue weighted by molar-refractivity contribution is 0.304. The summed E-state index contributed by atoms with van der Waals surface area (Å²) in [5.74, 6) is 4.07. The third kappa shape index (κ3) is 5.37. The second-order valence-corrected chi connectivity index (χ2v) is 9.48. The van der Waals surface area contributed by atoms with Gasteiger partial charge in [0.25, 0.3) is 0 Å². The third-order valence-electron chi connectivity index (χ3n) is 7.17. The van der Waals surface area contributed by atoms with Crippen molar-refractivity contribution in [2.75, 3.05) is 50.2 Å². The van der Waals surface area contributed by atoms with E-state index in [4.69, 9.17) is 14.7 Å². The van der Waals surface area contributed by atoms with Gasteiger partial charge in [-0.25, -0.2) is 9.97 Å². The largest absolute Gasteiger partial charge is 0.496 e. The summed E-state index contributed by atoms with van der Waals surface area (Å²) in [5.41, 5.74) is 4.66. The molecule has 1 aliphatic heterocycles. The monoisotopic (exact) mass is 476 g/mol. The van der Waals surface area contributed by atoms with Crippen molar-refractivity contribution in [2.45, 2.75) is 58.3 Å². The average molecular weight is 477 g/mol. The van der Waals surface area contributed by atoms with E-state index in [9.17, 15) is 5.11 Å². The number of nitrogens with zero attached hydrogens (tertiary/aromatic N) is 4. The maximum absolute atomic E-state index is 9.44. The van der Waals surface area contributed by atoms with E-state index in [2.05, 4.69) is 47.1 Å². The van der Waals surface area contributed by atoms with E-state index in [1.807, 2.05) is 27.0 Å². The van der Waals surface area contributed by atoms with E-state index in [-0.39, 0.29) is 6.61 Å². The lowest BCUT2D eigenvalue weighted by Gasteiger charge is -2.34. The molecule has 1 N–H and O–H groups in total. The topological polar surface area (TPSA) is 61.7 Å². The smallest absolute Gasteiger partial charge is 0.140 e. The quantitative estimate of drug-likeness (QED) is 0.475. The van der Waals surface area contributed by atoms with Crippen LogP contribution in [0.2, 0.25) is 0 Å². The normalized spacial score (nSPS) is 16.1. The second kappa shape index (κ2) is 11.3. The van der Waals surface area contributed by atoms with Gasteiger partial charge in [0.1, 0.15) is 17.4 Å². The Labute approximate surface area is 210 Å². The highest BCUT2D eigenvalue weighted by molar-refractivity contribution is 5.93. The summed E-state index contributed by atoms with van der Waals surface area (Å²) in [6.07, 6.45) is 4.54. The molecule has 188 valence electrons. The minimum atomic E-state index is 0.133. The first-order chi connectivity index (χ1) is 17.1. The Bertz CT molecular complexity index is 1140. The predicted molar refractivity (Wildman–Crippen MR) is 145 cm³/mol. The molecule has 35 heavy (non-hydrogen) atoms. The lowest BCUT2D eigenvalue weighted by Crippen LogP contribution is -2.34. The highest BCUT2D eigenvalue weighted by Gasteiger charge is 2.30. The molecule has 1 saturated carbocycles. The van der Waals surface area contributed by atoms with Crippen LogP contribution in [0.25, 0.3) is 10.9 Å². The molecule has 0 unspecified atom stereocenters. The summed E-state index contributed by atoms with van der Waals surface area (Å²) >= 11 is 0. The number of para-hydroxylation sites is 1. The number of methoxy groups -OCH3 is 1. The van der Waals surface area contributed by atoms with E-state index in [0.29, 0.717) is 18.4 Å². The standard InChI is InChI=1S/C27H34N4O2.C2H6/c1-18-16-23-22(17-24(18)30(2)14-15-32)27(29-26(28-23)20-8-9-20)31-12-10-19(11-13-31)21-6-4-5-7-25(21)33-3;1-2/h4-7,16-17,19-20,32H,8-15H2,1-3H3;1-2H3. The molecule has 0 spiro atoms. The molecule has 0 atom stereocenters. The zero-order valence-corrected chi connectivity index (χ0v) is 21.9. The highest BCUT2D eigenvalue weighted by Crippen LogP contribution is 2.42. The fourth-order valence-corrected chi connectivity index (χ4v) is 5.12. The molecule has 0 amide bonds. The van der Waals surface area contributed by atoms with Crippen LogP contribution in [0, 0.1) is 6.92 Å². The third-order valence-corrected chi connectivity index (χ3v) is 7.17. The van der Waals surface area contributed by atoms with E-state index in [1.54, 1.807) is 7.11 Å². The number of likely N-dealkylation sites (N-methyl/N-ethyl adjacent to an activating group) is 1. The van der Waals surface area contributed by atoms with Crippen LogP contribution in [0.15, 0.2) is 36.4 Å². The molecular weight excluding hydrogens is 436 g/mol. The van der Waals surface area contributed by atoms with Crippen molar-refractivity contribution in [1.82, 2.24) is 9.97 Å². The molecule has 2 fully saturated rings. The van der Waals surface area contributed by atoms with Crippen molar-refractivity contribution in [3.05, 3.63) is 53.3 Å². The molecule has 3 aromatic rings. The number of hydrogen-bond donors (Lipinski definition) is 1. The Hall–Kier alpha value is -2.86. The van der Waals surface area contributed by atoms with Gasteiger partial charge in [0.2, 0.25) is 0 Å². The summed E-state index contributed by atoms with van der Waals surface area (Å²) in [6.45, 7) is 8.80. The molecule has 6 heteroatoms. The van der Waals surface area contributed by atoms with E-state index in [1.165, 1.54) is 24.0 Å². The molecule has 5 rings (SSSR count). The molecule has 2 heterocycles. The zero-order chi connectivity index (χ0) is 24.9. The van der Waals surface area contributed by atoms with Crippen LogP contribution in [-0.4, -0.2) is 55.5 Å². The van der Waals surface area contributed by atoms with Crippen molar-refractivity contribution in [2.24, 2.45) is 0 Å². The summed E-state index contributed by atoms with van der Waals surface area (Å²) in [5, 5.41) is 10.5. The zero-order valence-electron chi connectivity index (χ0n) is 21.9. The van der Waals surface area contributed by atoms with Gasteiger partial charge in [-0.2, -0.15) is 0 Å². The van der Waals surface area contributed by atoms with E-state index >= 15 is 0 Å². The van der Waals surface area contributed by atoms with Crippen molar-refractivity contribution >= 4 is 22.4 Å². The first kappa shape index (κ1) is 25.2. The number of aliphatic hydroxyl groups is 1. The molecule has 1 saturated heterocycles. The Kier molecular flexibility index (Phi) is 8.11. The van der Waals surface area contributed by atoms with Crippen LogP contribution in [0.4, 0.5) is 11.5 Å². The number of hydrogen-bond acceptors (Lipinski definition) is 6. The molecule has 1 aliphatic carbocycles. The molecule has 0 bridgehead atoms. The van der Waals surface area contributed by atoms with Gasteiger partial charge < -0.3 is 19.6 Å². The Morgan fingerprint density at radius 1 is 1.03 bits per heavy atom. The van der Waals surface area contributed by atoms with Crippen molar-refractivity contribution in [3.8, 4) is 5.75 Å². The maximum atomic E-state index is 9.44. The number of rotatable bonds is 7. The molecular formula is C29H40N4O2. The van der Waals surface area contributed by atoms with E-state index in [0.717, 1.165) is 59.9 Å². The minimum absolute atomic E-state index is 0.133. The van der Waals surface area contributed by atoms with Crippen molar-refractivity contribution in [1.29, 1.82) is 0 Å². The summed E-state index contributed by atoms with van der Waals surface area (Å²) in [6, 6.07) is 12.8. The fraction of sp³-hybridized carbons (Fsp3) is 0.517. The van der Waals surface area contributed by atoms with Gasteiger partial charge in [-0.1, -0.05) is 32.0 Å². The predicted octanol–water partition coefficient (Wildman–Crippen LogP) is 5.66. The summed E-state index contributed by atoms with van der Waals surface area (Å²) in [7, 11) is 3.79. The van der Waals surface area contributed by atoms with Gasteiger partial charge >= 0.3 is 0 Å². The molecule has 2 aromatic carbocycles. The summed E-state index contributed by atoms with van der Waals surface area (Å²) < 4.78 is 5.63. The Morgan fingerprint density at radius 2 is 1.74 bits per heavy atom. The highest BCUT2D eigenvalue weighted by atomic mass is 16.5.